The molecule has 0 bridgehead atoms. The van der Waals surface area contributed by atoms with Gasteiger partial charge in [-0.15, -0.1) is 0 Å². The summed E-state index contributed by atoms with van der Waals surface area (Å²) in [6, 6.07) is 22.3. The molecule has 0 fully saturated rings. The van der Waals surface area contributed by atoms with Crippen molar-refractivity contribution >= 4 is 21.6 Å². The van der Waals surface area contributed by atoms with Crippen LogP contribution in [-0.2, 0) is 21.4 Å². The molecule has 0 spiro atoms. The minimum Gasteiger partial charge on any atom is -0.484 e. The van der Waals surface area contributed by atoms with Crippen molar-refractivity contribution in [2.24, 2.45) is 0 Å². The number of aromatic nitrogens is 2. The molecule has 0 unspecified atom stereocenters. The number of hydrogen-bond acceptors (Lipinski definition) is 7. The summed E-state index contributed by atoms with van der Waals surface area (Å²) in [5.41, 5.74) is 2.12. The zero-order valence-electron chi connectivity index (χ0n) is 19.2. The van der Waals surface area contributed by atoms with E-state index in [1.807, 2.05) is 30.3 Å². The number of anilines is 1. The van der Waals surface area contributed by atoms with Crippen LogP contribution in [0.1, 0.15) is 11.5 Å². The van der Waals surface area contributed by atoms with Crippen molar-refractivity contribution in [2.45, 2.75) is 18.4 Å². The topological polar surface area (TPSA) is 115 Å². The van der Waals surface area contributed by atoms with Gasteiger partial charge in [0.15, 0.2) is 6.61 Å². The predicted molar refractivity (Wildman–Crippen MR) is 130 cm³/mol. The summed E-state index contributed by atoms with van der Waals surface area (Å²) in [6.45, 7) is 1.76. The summed E-state index contributed by atoms with van der Waals surface area (Å²) < 4.78 is 37.5. The van der Waals surface area contributed by atoms with Gasteiger partial charge in [0.1, 0.15) is 5.75 Å². The zero-order valence-corrected chi connectivity index (χ0v) is 20.0. The minimum absolute atomic E-state index is 0.141. The average Bonchev–Trinajstić information content (AvgIpc) is 3.30. The molecule has 1 aromatic heterocycles. The van der Waals surface area contributed by atoms with Crippen molar-refractivity contribution < 1.29 is 22.5 Å². The number of sulfonamides is 1. The van der Waals surface area contributed by atoms with Crippen LogP contribution in [0.4, 0.5) is 5.69 Å². The van der Waals surface area contributed by atoms with Gasteiger partial charge in [0, 0.05) is 31.8 Å². The van der Waals surface area contributed by atoms with E-state index in [4.69, 9.17) is 9.26 Å². The number of ether oxygens (including phenoxy) is 1. The predicted octanol–water partition coefficient (Wildman–Crippen LogP) is 3.88. The fourth-order valence-electron chi connectivity index (χ4n) is 3.28. The molecule has 0 radical (unpaired) electrons. The van der Waals surface area contributed by atoms with Crippen molar-refractivity contribution in [2.75, 3.05) is 19.0 Å². The fraction of sp³-hybridized carbons (Fsp3) is 0.160. The van der Waals surface area contributed by atoms with E-state index >= 15 is 0 Å². The standard InChI is InChI=1S/C25H24N4O5S/c1-18-26-25(28-34-18)20-8-12-22(13-9-20)33-17-24(30)27-21-10-14-23(15-11-21)35(31,32)29(2)16-19-6-4-3-5-7-19/h3-15H,16-17H2,1-2H3,(H,27,30). The lowest BCUT2D eigenvalue weighted by molar-refractivity contribution is -0.118. The maximum Gasteiger partial charge on any atom is 0.262 e. The van der Waals surface area contributed by atoms with Gasteiger partial charge in [-0.2, -0.15) is 9.29 Å². The zero-order chi connectivity index (χ0) is 24.8. The lowest BCUT2D eigenvalue weighted by Crippen LogP contribution is -2.26. The van der Waals surface area contributed by atoms with Crippen LogP contribution in [0.15, 0.2) is 88.3 Å². The summed E-state index contributed by atoms with van der Waals surface area (Å²) in [4.78, 5) is 16.6. The van der Waals surface area contributed by atoms with Gasteiger partial charge in [-0.1, -0.05) is 35.5 Å². The maximum absolute atomic E-state index is 12.9. The van der Waals surface area contributed by atoms with E-state index in [1.165, 1.54) is 23.5 Å². The van der Waals surface area contributed by atoms with Crippen molar-refractivity contribution in [3.8, 4) is 17.1 Å². The van der Waals surface area contributed by atoms with Crippen molar-refractivity contribution in [3.05, 3.63) is 90.3 Å². The van der Waals surface area contributed by atoms with Crippen LogP contribution in [0.3, 0.4) is 0 Å². The third kappa shape index (κ3) is 6.11. The van der Waals surface area contributed by atoms with E-state index in [1.54, 1.807) is 43.3 Å². The van der Waals surface area contributed by atoms with Gasteiger partial charge in [-0.05, 0) is 54.1 Å². The molecule has 0 saturated heterocycles. The number of amides is 1. The molecule has 0 atom stereocenters. The molecule has 0 aliphatic heterocycles. The molecule has 35 heavy (non-hydrogen) atoms. The van der Waals surface area contributed by atoms with Gasteiger partial charge in [0.2, 0.25) is 21.7 Å². The molecule has 10 heteroatoms. The monoisotopic (exact) mass is 492 g/mol. The van der Waals surface area contributed by atoms with Crippen LogP contribution in [0.5, 0.6) is 5.75 Å². The van der Waals surface area contributed by atoms with Crippen molar-refractivity contribution in [1.29, 1.82) is 0 Å². The number of hydrogen-bond donors (Lipinski definition) is 1. The summed E-state index contributed by atoms with van der Waals surface area (Å²) in [5, 5.41) is 6.55. The van der Waals surface area contributed by atoms with Crippen molar-refractivity contribution in [3.63, 3.8) is 0 Å². The lowest BCUT2D eigenvalue weighted by Gasteiger charge is -2.17. The van der Waals surface area contributed by atoms with Gasteiger partial charge < -0.3 is 14.6 Å². The second kappa shape index (κ2) is 10.5. The van der Waals surface area contributed by atoms with Gasteiger partial charge in [0.25, 0.3) is 5.91 Å². The second-order valence-electron chi connectivity index (χ2n) is 7.77. The Balaban J connectivity index is 1.30. The summed E-state index contributed by atoms with van der Waals surface area (Å²) >= 11 is 0. The molecular formula is C25H24N4O5S. The Morgan fingerprint density at radius 1 is 1.00 bits per heavy atom. The molecule has 4 aromatic rings. The van der Waals surface area contributed by atoms with E-state index in [0.29, 0.717) is 23.2 Å². The number of carbonyl (C=O) groups is 1. The summed E-state index contributed by atoms with van der Waals surface area (Å²) in [5.74, 6) is 1.08. The van der Waals surface area contributed by atoms with Crippen LogP contribution in [0.2, 0.25) is 0 Å². The first kappa shape index (κ1) is 24.1. The molecule has 180 valence electrons. The molecule has 0 saturated carbocycles. The SMILES string of the molecule is Cc1nc(-c2ccc(OCC(=O)Nc3ccc(S(=O)(=O)N(C)Cc4ccccc4)cc3)cc2)no1. The van der Waals surface area contributed by atoms with Crippen LogP contribution in [-0.4, -0.2) is 42.4 Å². The van der Waals surface area contributed by atoms with E-state index in [2.05, 4.69) is 15.5 Å². The Kier molecular flexibility index (Phi) is 7.23. The Bertz CT molecular complexity index is 1390. The van der Waals surface area contributed by atoms with E-state index < -0.39 is 10.0 Å². The normalized spacial score (nSPS) is 11.4. The smallest absolute Gasteiger partial charge is 0.262 e. The van der Waals surface area contributed by atoms with Gasteiger partial charge >= 0.3 is 0 Å². The molecule has 1 amide bonds. The summed E-state index contributed by atoms with van der Waals surface area (Å²) in [7, 11) is -2.14. The number of nitrogens with one attached hydrogen (secondary N) is 1. The first-order valence-corrected chi connectivity index (χ1v) is 12.2. The molecule has 9 nitrogen and oxygen atoms in total. The van der Waals surface area contributed by atoms with E-state index in [-0.39, 0.29) is 24.0 Å². The molecule has 1 heterocycles. The summed E-state index contributed by atoms with van der Waals surface area (Å²) in [6.07, 6.45) is 0. The highest BCUT2D eigenvalue weighted by Crippen LogP contribution is 2.21. The third-order valence-corrected chi connectivity index (χ3v) is 6.92. The van der Waals surface area contributed by atoms with Crippen molar-refractivity contribution in [1.82, 2.24) is 14.4 Å². The largest absolute Gasteiger partial charge is 0.484 e. The quantitative estimate of drug-likeness (QED) is 0.377. The second-order valence-corrected chi connectivity index (χ2v) is 9.81. The number of carbonyl (C=O) groups excluding carboxylic acids is 1. The van der Waals surface area contributed by atoms with E-state index in [9.17, 15) is 13.2 Å². The van der Waals surface area contributed by atoms with Gasteiger partial charge in [-0.25, -0.2) is 8.42 Å². The molecular weight excluding hydrogens is 468 g/mol. The van der Waals surface area contributed by atoms with Crippen LogP contribution >= 0.6 is 0 Å². The number of nitrogens with zero attached hydrogens (tertiary/aromatic N) is 3. The Labute approximate surface area is 203 Å². The maximum atomic E-state index is 12.9. The highest BCUT2D eigenvalue weighted by atomic mass is 32.2. The Morgan fingerprint density at radius 3 is 2.31 bits per heavy atom. The van der Waals surface area contributed by atoms with Crippen LogP contribution in [0, 0.1) is 6.92 Å². The fourth-order valence-corrected chi connectivity index (χ4v) is 4.44. The number of benzene rings is 3. The first-order chi connectivity index (χ1) is 16.8. The third-order valence-electron chi connectivity index (χ3n) is 5.10. The first-order valence-electron chi connectivity index (χ1n) is 10.7. The Morgan fingerprint density at radius 2 is 1.69 bits per heavy atom. The highest BCUT2D eigenvalue weighted by molar-refractivity contribution is 7.89. The minimum atomic E-state index is -3.67. The van der Waals surface area contributed by atoms with Gasteiger partial charge in [0.05, 0.1) is 4.90 Å². The van der Waals surface area contributed by atoms with Crippen LogP contribution in [0.25, 0.3) is 11.4 Å². The average molecular weight is 493 g/mol. The highest BCUT2D eigenvalue weighted by Gasteiger charge is 2.21. The van der Waals surface area contributed by atoms with Gasteiger partial charge in [-0.3, -0.25) is 4.79 Å². The molecule has 1 N–H and O–H groups in total. The molecule has 4 rings (SSSR count). The molecule has 0 aliphatic carbocycles. The number of aryl methyl sites for hydroxylation is 1. The van der Waals surface area contributed by atoms with E-state index in [0.717, 1.165) is 11.1 Å². The molecule has 0 aliphatic rings. The lowest BCUT2D eigenvalue weighted by atomic mass is 10.2. The molecule has 3 aromatic carbocycles. The van der Waals surface area contributed by atoms with Crippen LogP contribution < -0.4 is 10.1 Å². The number of rotatable bonds is 9. The Hall–Kier alpha value is -4.02.